The highest BCUT2D eigenvalue weighted by Crippen LogP contribution is 2.24. The summed E-state index contributed by atoms with van der Waals surface area (Å²) in [5.74, 6) is -2.66. The van der Waals surface area contributed by atoms with E-state index in [4.69, 9.17) is 10.8 Å². The van der Waals surface area contributed by atoms with Crippen LogP contribution in [0.3, 0.4) is 0 Å². The quantitative estimate of drug-likeness (QED) is 0.572. The standard InChI is InChI=1S/C9H12N2O4/c1-2-4(9(14)15)6-8(13)7(12)5(10)3-11-6/h3-4,13H,2,10H2,1H3,(H,11,12)(H,14,15). The first-order valence-corrected chi connectivity index (χ1v) is 4.41. The van der Waals surface area contributed by atoms with Crippen molar-refractivity contribution in [2.75, 3.05) is 5.73 Å². The Kier molecular flexibility index (Phi) is 2.99. The lowest BCUT2D eigenvalue weighted by molar-refractivity contribution is -0.139. The zero-order valence-electron chi connectivity index (χ0n) is 8.15. The second-order valence-electron chi connectivity index (χ2n) is 3.13. The Hall–Kier alpha value is -1.98. The van der Waals surface area contributed by atoms with Gasteiger partial charge in [0.25, 0.3) is 0 Å². The van der Waals surface area contributed by atoms with Crippen molar-refractivity contribution < 1.29 is 15.0 Å². The van der Waals surface area contributed by atoms with E-state index in [1.165, 1.54) is 6.20 Å². The van der Waals surface area contributed by atoms with E-state index in [1.54, 1.807) is 6.92 Å². The summed E-state index contributed by atoms with van der Waals surface area (Å²) in [5.41, 5.74) is 4.36. The number of aliphatic carboxylic acids is 1. The van der Waals surface area contributed by atoms with E-state index in [1.807, 2.05) is 0 Å². The Labute approximate surface area is 85.4 Å². The number of nitrogens with one attached hydrogen (secondary N) is 1. The fourth-order valence-corrected chi connectivity index (χ4v) is 1.32. The summed E-state index contributed by atoms with van der Waals surface area (Å²) in [6.07, 6.45) is 1.45. The van der Waals surface area contributed by atoms with E-state index in [9.17, 15) is 14.7 Å². The van der Waals surface area contributed by atoms with Crippen molar-refractivity contribution in [2.24, 2.45) is 0 Å². The minimum absolute atomic E-state index is 0.01000. The molecule has 0 aliphatic rings. The van der Waals surface area contributed by atoms with Crippen LogP contribution in [0.1, 0.15) is 25.0 Å². The number of aromatic amines is 1. The molecule has 1 atom stereocenters. The molecule has 0 radical (unpaired) electrons. The molecule has 15 heavy (non-hydrogen) atoms. The molecule has 0 aromatic carbocycles. The second-order valence-corrected chi connectivity index (χ2v) is 3.13. The van der Waals surface area contributed by atoms with E-state index < -0.39 is 23.1 Å². The molecule has 0 fully saturated rings. The normalized spacial score (nSPS) is 12.3. The number of pyridine rings is 1. The molecular formula is C9H12N2O4. The average molecular weight is 212 g/mol. The van der Waals surface area contributed by atoms with Crippen molar-refractivity contribution in [3.05, 3.63) is 22.1 Å². The van der Waals surface area contributed by atoms with Crippen LogP contribution in [0.4, 0.5) is 5.69 Å². The lowest BCUT2D eigenvalue weighted by Gasteiger charge is -2.11. The van der Waals surface area contributed by atoms with Gasteiger partial charge in [-0.3, -0.25) is 9.59 Å². The molecule has 0 spiro atoms. The first kappa shape index (κ1) is 11.1. The number of aromatic hydroxyl groups is 1. The molecule has 82 valence electrons. The SMILES string of the molecule is CCC(C(=O)O)c1[nH]cc(N)c(=O)c1O. The third-order valence-corrected chi connectivity index (χ3v) is 2.17. The van der Waals surface area contributed by atoms with Crippen LogP contribution in [0.5, 0.6) is 5.75 Å². The van der Waals surface area contributed by atoms with Gasteiger partial charge in [-0.15, -0.1) is 0 Å². The van der Waals surface area contributed by atoms with E-state index in [2.05, 4.69) is 4.98 Å². The maximum atomic E-state index is 11.2. The number of nitrogens with two attached hydrogens (primary N) is 1. The van der Waals surface area contributed by atoms with Gasteiger partial charge < -0.3 is 20.9 Å². The van der Waals surface area contributed by atoms with E-state index in [0.29, 0.717) is 0 Å². The number of hydrogen-bond acceptors (Lipinski definition) is 4. The third-order valence-electron chi connectivity index (χ3n) is 2.17. The molecular weight excluding hydrogens is 200 g/mol. The van der Waals surface area contributed by atoms with Crippen molar-refractivity contribution in [1.82, 2.24) is 4.98 Å². The highest BCUT2D eigenvalue weighted by molar-refractivity contribution is 5.76. The summed E-state index contributed by atoms with van der Waals surface area (Å²) in [4.78, 5) is 24.6. The highest BCUT2D eigenvalue weighted by atomic mass is 16.4. The van der Waals surface area contributed by atoms with Gasteiger partial charge in [-0.25, -0.2) is 0 Å². The van der Waals surface area contributed by atoms with Crippen molar-refractivity contribution >= 4 is 11.7 Å². The molecule has 0 aliphatic carbocycles. The highest BCUT2D eigenvalue weighted by Gasteiger charge is 2.23. The number of anilines is 1. The van der Waals surface area contributed by atoms with Crippen LogP contribution in [-0.2, 0) is 4.79 Å². The molecule has 1 unspecified atom stereocenters. The fourth-order valence-electron chi connectivity index (χ4n) is 1.32. The van der Waals surface area contributed by atoms with E-state index in [-0.39, 0.29) is 17.8 Å². The second kappa shape index (κ2) is 4.04. The number of carboxylic acids is 1. The predicted octanol–water partition coefficient (Wildman–Crippen LogP) is 0.241. The Balaban J connectivity index is 3.32. The van der Waals surface area contributed by atoms with Crippen molar-refractivity contribution in [3.63, 3.8) is 0 Å². The summed E-state index contributed by atoms with van der Waals surface area (Å²) >= 11 is 0. The smallest absolute Gasteiger partial charge is 0.312 e. The van der Waals surface area contributed by atoms with Crippen LogP contribution >= 0.6 is 0 Å². The Bertz CT molecular complexity index is 438. The number of rotatable bonds is 3. The Morgan fingerprint density at radius 2 is 2.27 bits per heavy atom. The lowest BCUT2D eigenvalue weighted by atomic mass is 10.0. The number of carboxylic acid groups (broad SMARTS) is 1. The average Bonchev–Trinajstić information content (AvgIpc) is 2.18. The molecule has 6 heteroatoms. The zero-order valence-corrected chi connectivity index (χ0v) is 8.15. The Morgan fingerprint density at radius 3 is 2.73 bits per heavy atom. The number of aromatic nitrogens is 1. The molecule has 0 saturated heterocycles. The minimum atomic E-state index is -1.10. The van der Waals surface area contributed by atoms with Crippen LogP contribution in [-0.4, -0.2) is 21.2 Å². The van der Waals surface area contributed by atoms with Gasteiger partial charge in [0.1, 0.15) is 5.92 Å². The zero-order chi connectivity index (χ0) is 11.6. The van der Waals surface area contributed by atoms with Crippen molar-refractivity contribution in [1.29, 1.82) is 0 Å². The van der Waals surface area contributed by atoms with Gasteiger partial charge in [0, 0.05) is 6.20 Å². The molecule has 1 heterocycles. The van der Waals surface area contributed by atoms with Gasteiger partial charge in [-0.2, -0.15) is 0 Å². The number of hydrogen-bond donors (Lipinski definition) is 4. The molecule has 5 N–H and O–H groups in total. The molecule has 0 aliphatic heterocycles. The monoisotopic (exact) mass is 212 g/mol. The van der Waals surface area contributed by atoms with Gasteiger partial charge >= 0.3 is 5.97 Å². The van der Waals surface area contributed by atoms with E-state index in [0.717, 1.165) is 0 Å². The van der Waals surface area contributed by atoms with Crippen LogP contribution in [0.25, 0.3) is 0 Å². The Morgan fingerprint density at radius 1 is 1.67 bits per heavy atom. The predicted molar refractivity (Wildman–Crippen MR) is 53.8 cm³/mol. The summed E-state index contributed by atoms with van der Waals surface area (Å²) < 4.78 is 0. The van der Waals surface area contributed by atoms with Crippen molar-refractivity contribution in [2.45, 2.75) is 19.3 Å². The molecule has 0 amide bonds. The fraction of sp³-hybridized carbons (Fsp3) is 0.333. The molecule has 1 rings (SSSR count). The van der Waals surface area contributed by atoms with Crippen LogP contribution in [0.2, 0.25) is 0 Å². The van der Waals surface area contributed by atoms with Gasteiger partial charge in [0.2, 0.25) is 5.43 Å². The third kappa shape index (κ3) is 1.93. The molecule has 0 bridgehead atoms. The summed E-state index contributed by atoms with van der Waals surface area (Å²) in [5, 5.41) is 18.3. The van der Waals surface area contributed by atoms with E-state index >= 15 is 0 Å². The number of carbonyl (C=O) groups is 1. The van der Waals surface area contributed by atoms with Gasteiger partial charge in [-0.05, 0) is 6.42 Å². The van der Waals surface area contributed by atoms with Crippen molar-refractivity contribution in [3.8, 4) is 5.75 Å². The van der Waals surface area contributed by atoms with Crippen LogP contribution in [0.15, 0.2) is 11.0 Å². The van der Waals surface area contributed by atoms with Gasteiger partial charge in [-0.1, -0.05) is 6.92 Å². The minimum Gasteiger partial charge on any atom is -0.503 e. The topological polar surface area (TPSA) is 116 Å². The molecule has 6 nitrogen and oxygen atoms in total. The maximum absolute atomic E-state index is 11.2. The van der Waals surface area contributed by atoms with Gasteiger partial charge in [0.05, 0.1) is 11.4 Å². The number of nitrogen functional groups attached to an aromatic ring is 1. The summed E-state index contributed by atoms with van der Waals surface area (Å²) in [7, 11) is 0. The lowest BCUT2D eigenvalue weighted by Crippen LogP contribution is -2.17. The molecule has 1 aromatic heterocycles. The van der Waals surface area contributed by atoms with Crippen LogP contribution in [0, 0.1) is 0 Å². The first-order valence-electron chi connectivity index (χ1n) is 4.41. The first-order chi connectivity index (χ1) is 6.99. The summed E-state index contributed by atoms with van der Waals surface area (Å²) in [6, 6.07) is 0. The maximum Gasteiger partial charge on any atom is 0.312 e. The molecule has 0 saturated carbocycles. The van der Waals surface area contributed by atoms with Gasteiger partial charge in [0.15, 0.2) is 5.75 Å². The number of H-pyrrole nitrogens is 1. The largest absolute Gasteiger partial charge is 0.503 e. The van der Waals surface area contributed by atoms with Crippen LogP contribution < -0.4 is 11.2 Å². The molecule has 1 aromatic rings. The summed E-state index contributed by atoms with van der Waals surface area (Å²) in [6.45, 7) is 1.65.